The Morgan fingerprint density at radius 1 is 1.04 bits per heavy atom. The molecule has 0 amide bonds. The molecule has 0 aromatic carbocycles. The van der Waals surface area contributed by atoms with Crippen LogP contribution in [-0.4, -0.2) is 41.6 Å². The van der Waals surface area contributed by atoms with Crippen LogP contribution in [0.2, 0.25) is 0 Å². The summed E-state index contributed by atoms with van der Waals surface area (Å²) in [4.78, 5) is 5.56. The summed E-state index contributed by atoms with van der Waals surface area (Å²) < 4.78 is 0. The fraction of sp³-hybridized carbons (Fsp3) is 1.00. The molecule has 4 rings (SSSR count). The van der Waals surface area contributed by atoms with Gasteiger partial charge in [-0.1, -0.05) is 13.8 Å². The Kier molecular flexibility index (Phi) is 5.87. The van der Waals surface area contributed by atoms with E-state index in [2.05, 4.69) is 19.3 Å². The van der Waals surface area contributed by atoms with Crippen LogP contribution in [0.1, 0.15) is 78.1 Å². The summed E-state index contributed by atoms with van der Waals surface area (Å²) in [7, 11) is 0. The zero-order chi connectivity index (χ0) is 20.0. The highest BCUT2D eigenvalue weighted by Gasteiger charge is 2.66. The molecular formula is C23H42N2O3. The topological polar surface area (TPSA) is 87.7 Å². The number of hydroxylamine groups is 1. The van der Waals surface area contributed by atoms with Crippen molar-refractivity contribution in [2.24, 2.45) is 40.2 Å². The summed E-state index contributed by atoms with van der Waals surface area (Å²) in [5.74, 6) is 2.14. The van der Waals surface area contributed by atoms with Crippen LogP contribution in [0.25, 0.3) is 0 Å². The van der Waals surface area contributed by atoms with E-state index >= 15 is 0 Å². The lowest BCUT2D eigenvalue weighted by molar-refractivity contribution is -0.211. The summed E-state index contributed by atoms with van der Waals surface area (Å²) in [6.07, 6.45) is 10.5. The van der Waals surface area contributed by atoms with Gasteiger partial charge in [-0.25, -0.2) is 5.48 Å². The van der Waals surface area contributed by atoms with Crippen molar-refractivity contribution in [3.05, 3.63) is 0 Å². The van der Waals surface area contributed by atoms with Crippen molar-refractivity contribution in [3.8, 4) is 0 Å². The molecule has 0 spiro atoms. The molecule has 0 bridgehead atoms. The van der Waals surface area contributed by atoms with Crippen LogP contribution in [0.4, 0.5) is 0 Å². The summed E-state index contributed by atoms with van der Waals surface area (Å²) in [5, 5.41) is 22.3. The van der Waals surface area contributed by atoms with Crippen molar-refractivity contribution in [2.45, 2.75) is 89.8 Å². The highest BCUT2D eigenvalue weighted by atomic mass is 16.6. The van der Waals surface area contributed by atoms with E-state index in [1.807, 2.05) is 0 Å². The number of nitrogens with two attached hydrogens (primary N) is 1. The van der Waals surface area contributed by atoms with E-state index < -0.39 is 5.60 Å². The first-order valence-corrected chi connectivity index (χ1v) is 11.8. The van der Waals surface area contributed by atoms with Gasteiger partial charge >= 0.3 is 0 Å². The summed E-state index contributed by atoms with van der Waals surface area (Å²) in [6.45, 7) is 6.96. The molecule has 3 unspecified atom stereocenters. The third-order valence-electron chi connectivity index (χ3n) is 9.90. The Bertz CT molecular complexity index is 560. The molecule has 4 fully saturated rings. The van der Waals surface area contributed by atoms with Gasteiger partial charge in [0, 0.05) is 12.0 Å². The minimum Gasteiger partial charge on any atom is -0.393 e. The molecule has 5 heteroatoms. The number of hydrogen-bond donors (Lipinski definition) is 4. The fourth-order valence-electron chi connectivity index (χ4n) is 8.03. The molecule has 0 heterocycles. The minimum atomic E-state index is -0.538. The predicted molar refractivity (Wildman–Crippen MR) is 110 cm³/mol. The number of rotatable bonds is 6. The Labute approximate surface area is 170 Å². The molecule has 0 radical (unpaired) electrons. The third-order valence-corrected chi connectivity index (χ3v) is 9.90. The number of nitrogens with one attached hydrogen (secondary N) is 1. The van der Waals surface area contributed by atoms with Crippen LogP contribution in [0, 0.1) is 34.5 Å². The van der Waals surface area contributed by atoms with Crippen molar-refractivity contribution in [2.75, 3.05) is 19.7 Å². The van der Waals surface area contributed by atoms with E-state index in [-0.39, 0.29) is 11.5 Å². The predicted octanol–water partition coefficient (Wildman–Crippen LogP) is 2.99. The van der Waals surface area contributed by atoms with Crippen LogP contribution >= 0.6 is 0 Å². The molecule has 0 aromatic heterocycles. The average Bonchev–Trinajstić information content (AvgIpc) is 2.93. The third kappa shape index (κ3) is 3.17. The van der Waals surface area contributed by atoms with Crippen LogP contribution in [0.15, 0.2) is 0 Å². The number of aliphatic hydroxyl groups is 2. The Hall–Kier alpha value is -0.200. The molecule has 0 aliphatic heterocycles. The van der Waals surface area contributed by atoms with Crippen molar-refractivity contribution in [1.29, 1.82) is 0 Å². The first-order chi connectivity index (χ1) is 13.3. The monoisotopic (exact) mass is 394 g/mol. The minimum absolute atomic E-state index is 0.0181. The van der Waals surface area contributed by atoms with Gasteiger partial charge in [0.1, 0.15) is 0 Å². The summed E-state index contributed by atoms with van der Waals surface area (Å²) >= 11 is 0. The number of fused-ring (bicyclic) bond motifs is 5. The largest absolute Gasteiger partial charge is 0.393 e. The zero-order valence-corrected chi connectivity index (χ0v) is 18.0. The van der Waals surface area contributed by atoms with E-state index in [9.17, 15) is 10.2 Å². The molecule has 162 valence electrons. The van der Waals surface area contributed by atoms with Crippen molar-refractivity contribution in [1.82, 2.24) is 5.48 Å². The second kappa shape index (κ2) is 7.81. The van der Waals surface area contributed by atoms with Gasteiger partial charge in [-0.15, -0.1) is 0 Å². The number of aliphatic hydroxyl groups excluding tert-OH is 1. The van der Waals surface area contributed by atoms with Gasteiger partial charge < -0.3 is 20.8 Å². The first kappa shape index (κ1) is 21.0. The molecule has 0 aromatic rings. The smallest absolute Gasteiger partial charge is 0.0735 e. The van der Waals surface area contributed by atoms with Gasteiger partial charge in [0.2, 0.25) is 0 Å². The summed E-state index contributed by atoms with van der Waals surface area (Å²) in [6, 6.07) is 0. The average molecular weight is 395 g/mol. The molecule has 4 saturated carbocycles. The van der Waals surface area contributed by atoms with Crippen molar-refractivity contribution < 1.29 is 15.1 Å². The maximum Gasteiger partial charge on any atom is 0.0735 e. The Morgan fingerprint density at radius 3 is 2.64 bits per heavy atom. The van der Waals surface area contributed by atoms with Crippen LogP contribution in [0.5, 0.6) is 0 Å². The second-order valence-electron chi connectivity index (χ2n) is 10.9. The van der Waals surface area contributed by atoms with E-state index in [0.29, 0.717) is 42.2 Å². The lowest BCUT2D eigenvalue weighted by atomic mass is 9.43. The SMILES string of the molecule is C[C@]12CCC(O)CC1CC[C@@H]1[C@H]2CC[C@]2(C)C(CNOCCCN)CC[C@@]12O. The molecule has 5 nitrogen and oxygen atoms in total. The number of hydrogen-bond acceptors (Lipinski definition) is 5. The normalized spacial score (nSPS) is 50.7. The van der Waals surface area contributed by atoms with Crippen LogP contribution < -0.4 is 11.2 Å². The molecule has 4 aliphatic rings. The standard InChI is InChI=1S/C23H42N2O3/c1-21-9-7-18(26)14-16(21)4-5-20-19(21)8-10-22(2)17(6-11-23(20,22)27)15-25-28-13-3-12-24/h16-20,25-27H,3-15,24H2,1-2H3/t16?,17?,18?,19-,20-,21+,22-,23-/m1/s1. The van der Waals surface area contributed by atoms with E-state index in [1.54, 1.807) is 0 Å². The molecule has 4 aliphatic carbocycles. The molecule has 8 atom stereocenters. The maximum atomic E-state index is 12.1. The van der Waals surface area contributed by atoms with E-state index in [0.717, 1.165) is 57.9 Å². The van der Waals surface area contributed by atoms with Gasteiger partial charge in [-0.05, 0) is 99.8 Å². The Balaban J connectivity index is 1.47. The highest BCUT2D eigenvalue weighted by Crippen LogP contribution is 2.68. The maximum absolute atomic E-state index is 12.1. The Morgan fingerprint density at radius 2 is 1.86 bits per heavy atom. The van der Waals surface area contributed by atoms with E-state index in [1.165, 1.54) is 12.8 Å². The van der Waals surface area contributed by atoms with Crippen LogP contribution in [0.3, 0.4) is 0 Å². The lowest BCUT2D eigenvalue weighted by Crippen LogP contribution is -2.62. The van der Waals surface area contributed by atoms with Gasteiger partial charge in [-0.3, -0.25) is 0 Å². The van der Waals surface area contributed by atoms with Crippen molar-refractivity contribution >= 4 is 0 Å². The quantitative estimate of drug-likeness (QED) is 0.411. The summed E-state index contributed by atoms with van der Waals surface area (Å²) in [5.41, 5.74) is 8.45. The van der Waals surface area contributed by atoms with Crippen molar-refractivity contribution in [3.63, 3.8) is 0 Å². The van der Waals surface area contributed by atoms with Crippen LogP contribution in [-0.2, 0) is 4.84 Å². The van der Waals surface area contributed by atoms with E-state index in [4.69, 9.17) is 10.6 Å². The van der Waals surface area contributed by atoms with Gasteiger partial charge in [-0.2, -0.15) is 0 Å². The fourth-order valence-corrected chi connectivity index (χ4v) is 8.03. The molecule has 28 heavy (non-hydrogen) atoms. The zero-order valence-electron chi connectivity index (χ0n) is 18.0. The highest BCUT2D eigenvalue weighted by molar-refractivity contribution is 5.16. The van der Waals surface area contributed by atoms with Gasteiger partial charge in [0.25, 0.3) is 0 Å². The molecular weight excluding hydrogens is 352 g/mol. The lowest BCUT2D eigenvalue weighted by Gasteiger charge is -2.63. The second-order valence-corrected chi connectivity index (χ2v) is 10.9. The first-order valence-electron chi connectivity index (χ1n) is 11.8. The van der Waals surface area contributed by atoms with Gasteiger partial charge in [0.15, 0.2) is 0 Å². The molecule has 5 N–H and O–H groups in total. The molecule has 0 saturated heterocycles. The van der Waals surface area contributed by atoms with Gasteiger partial charge in [0.05, 0.1) is 18.3 Å².